The van der Waals surface area contributed by atoms with Crippen molar-refractivity contribution in [1.82, 2.24) is 10.3 Å². The van der Waals surface area contributed by atoms with Crippen LogP contribution < -0.4 is 5.32 Å². The Morgan fingerprint density at radius 2 is 1.72 bits per heavy atom. The standard InChI is InChI=1S/C19H15F3N2O/c20-19(21,22)13-3-1-12(2-4-13)14-5-6-16(18-24-9-10-25-18)17-11-23-8-7-15(14)17/h1-6,9-10,23H,7-8,11H2. The molecule has 6 heteroatoms. The van der Waals surface area contributed by atoms with Gasteiger partial charge in [0.15, 0.2) is 0 Å². The lowest BCUT2D eigenvalue weighted by Crippen LogP contribution is -2.24. The maximum absolute atomic E-state index is 12.8. The van der Waals surface area contributed by atoms with Crippen LogP contribution in [0.3, 0.4) is 0 Å². The highest BCUT2D eigenvalue weighted by molar-refractivity contribution is 5.75. The van der Waals surface area contributed by atoms with Gasteiger partial charge in [-0.3, -0.25) is 0 Å². The van der Waals surface area contributed by atoms with Crippen LogP contribution in [0.2, 0.25) is 0 Å². The predicted octanol–water partition coefficient (Wildman–Crippen LogP) is 4.67. The summed E-state index contributed by atoms with van der Waals surface area (Å²) in [6, 6.07) is 9.18. The van der Waals surface area contributed by atoms with Crippen molar-refractivity contribution in [3.63, 3.8) is 0 Å². The molecule has 1 aromatic heterocycles. The molecule has 128 valence electrons. The van der Waals surface area contributed by atoms with E-state index in [2.05, 4.69) is 10.3 Å². The van der Waals surface area contributed by atoms with Gasteiger partial charge >= 0.3 is 6.18 Å². The van der Waals surface area contributed by atoms with Gasteiger partial charge in [0.05, 0.1) is 11.8 Å². The summed E-state index contributed by atoms with van der Waals surface area (Å²) in [5.41, 5.74) is 4.25. The predicted molar refractivity (Wildman–Crippen MR) is 87.8 cm³/mol. The molecule has 0 amide bonds. The van der Waals surface area contributed by atoms with Gasteiger partial charge < -0.3 is 9.73 Å². The van der Waals surface area contributed by atoms with Crippen molar-refractivity contribution in [3.8, 4) is 22.6 Å². The number of hydrogen-bond acceptors (Lipinski definition) is 3. The number of aromatic nitrogens is 1. The highest BCUT2D eigenvalue weighted by Crippen LogP contribution is 2.36. The minimum Gasteiger partial charge on any atom is -0.445 e. The van der Waals surface area contributed by atoms with Crippen LogP contribution >= 0.6 is 0 Å². The van der Waals surface area contributed by atoms with Gasteiger partial charge in [-0.1, -0.05) is 18.2 Å². The Hall–Kier alpha value is -2.60. The smallest absolute Gasteiger partial charge is 0.416 e. The summed E-state index contributed by atoms with van der Waals surface area (Å²) >= 11 is 0. The third kappa shape index (κ3) is 2.93. The maximum atomic E-state index is 12.8. The lowest BCUT2D eigenvalue weighted by atomic mass is 9.88. The van der Waals surface area contributed by atoms with Crippen molar-refractivity contribution in [1.29, 1.82) is 0 Å². The lowest BCUT2D eigenvalue weighted by Gasteiger charge is -2.23. The fourth-order valence-corrected chi connectivity index (χ4v) is 3.27. The minimum atomic E-state index is -4.32. The zero-order chi connectivity index (χ0) is 17.4. The number of alkyl halides is 3. The fraction of sp³-hybridized carbons (Fsp3) is 0.211. The molecule has 0 unspecified atom stereocenters. The summed E-state index contributed by atoms with van der Waals surface area (Å²) < 4.78 is 43.8. The highest BCUT2D eigenvalue weighted by atomic mass is 19.4. The molecule has 0 atom stereocenters. The molecular weight excluding hydrogens is 329 g/mol. The van der Waals surface area contributed by atoms with Gasteiger partial charge in [0.2, 0.25) is 5.89 Å². The van der Waals surface area contributed by atoms with Gasteiger partial charge in [-0.05, 0) is 53.4 Å². The maximum Gasteiger partial charge on any atom is 0.416 e. The Morgan fingerprint density at radius 3 is 2.40 bits per heavy atom. The number of oxazole rings is 1. The lowest BCUT2D eigenvalue weighted by molar-refractivity contribution is -0.137. The first-order valence-corrected chi connectivity index (χ1v) is 7.97. The molecule has 1 aliphatic heterocycles. The normalized spacial score (nSPS) is 14.4. The van der Waals surface area contributed by atoms with E-state index in [4.69, 9.17) is 4.42 Å². The molecular formula is C19H15F3N2O. The van der Waals surface area contributed by atoms with E-state index in [-0.39, 0.29) is 0 Å². The van der Waals surface area contributed by atoms with Crippen LogP contribution in [0, 0.1) is 0 Å². The second-order valence-electron chi connectivity index (χ2n) is 5.96. The Labute approximate surface area is 142 Å². The van der Waals surface area contributed by atoms with Crippen LogP contribution in [-0.2, 0) is 19.1 Å². The quantitative estimate of drug-likeness (QED) is 0.734. The second-order valence-corrected chi connectivity index (χ2v) is 5.96. The van der Waals surface area contributed by atoms with E-state index in [0.29, 0.717) is 12.4 Å². The Morgan fingerprint density at radius 1 is 0.960 bits per heavy atom. The molecule has 0 bridgehead atoms. The number of benzene rings is 2. The van der Waals surface area contributed by atoms with Gasteiger partial charge in [-0.2, -0.15) is 13.2 Å². The third-order valence-electron chi connectivity index (χ3n) is 4.47. The molecule has 0 saturated heterocycles. The van der Waals surface area contributed by atoms with Gasteiger partial charge in [0.1, 0.15) is 6.26 Å². The van der Waals surface area contributed by atoms with Gasteiger partial charge in [0, 0.05) is 12.1 Å². The van der Waals surface area contributed by atoms with Crippen LogP contribution in [0.1, 0.15) is 16.7 Å². The van der Waals surface area contributed by atoms with E-state index < -0.39 is 11.7 Å². The van der Waals surface area contributed by atoms with Crippen molar-refractivity contribution < 1.29 is 17.6 Å². The molecule has 2 heterocycles. The number of rotatable bonds is 2. The molecule has 0 radical (unpaired) electrons. The fourth-order valence-electron chi connectivity index (χ4n) is 3.27. The largest absolute Gasteiger partial charge is 0.445 e. The number of nitrogens with zero attached hydrogens (tertiary/aromatic N) is 1. The number of nitrogens with one attached hydrogen (secondary N) is 1. The molecule has 0 saturated carbocycles. The van der Waals surface area contributed by atoms with E-state index in [1.54, 1.807) is 6.20 Å². The van der Waals surface area contributed by atoms with Crippen LogP contribution in [0.25, 0.3) is 22.6 Å². The summed E-state index contributed by atoms with van der Waals surface area (Å²) in [7, 11) is 0. The van der Waals surface area contributed by atoms with E-state index in [1.807, 2.05) is 12.1 Å². The first-order valence-electron chi connectivity index (χ1n) is 7.97. The summed E-state index contributed by atoms with van der Waals surface area (Å²) in [6.07, 6.45) is -0.388. The second kappa shape index (κ2) is 6.04. The zero-order valence-corrected chi connectivity index (χ0v) is 13.2. The summed E-state index contributed by atoms with van der Waals surface area (Å²) in [4.78, 5) is 4.22. The molecule has 4 rings (SSSR count). The Bertz CT molecular complexity index is 884. The molecule has 25 heavy (non-hydrogen) atoms. The van der Waals surface area contributed by atoms with Gasteiger partial charge in [-0.25, -0.2) is 4.98 Å². The van der Waals surface area contributed by atoms with Crippen LogP contribution in [0.5, 0.6) is 0 Å². The van der Waals surface area contributed by atoms with Crippen molar-refractivity contribution in [2.24, 2.45) is 0 Å². The number of fused-ring (bicyclic) bond motifs is 1. The monoisotopic (exact) mass is 344 g/mol. The van der Waals surface area contributed by atoms with Crippen molar-refractivity contribution in [3.05, 3.63) is 65.5 Å². The Kier molecular flexibility index (Phi) is 3.84. The van der Waals surface area contributed by atoms with Crippen LogP contribution in [0.15, 0.2) is 53.3 Å². The third-order valence-corrected chi connectivity index (χ3v) is 4.47. The molecule has 0 fully saturated rings. The molecule has 2 aromatic carbocycles. The zero-order valence-electron chi connectivity index (χ0n) is 13.2. The first-order chi connectivity index (χ1) is 12.0. The Balaban J connectivity index is 1.81. The molecule has 3 aromatic rings. The van der Waals surface area contributed by atoms with Gasteiger partial charge in [0.25, 0.3) is 0 Å². The molecule has 0 aliphatic carbocycles. The van der Waals surface area contributed by atoms with E-state index >= 15 is 0 Å². The van der Waals surface area contributed by atoms with E-state index in [1.165, 1.54) is 18.4 Å². The van der Waals surface area contributed by atoms with E-state index in [9.17, 15) is 13.2 Å². The summed E-state index contributed by atoms with van der Waals surface area (Å²) in [5.74, 6) is 0.555. The van der Waals surface area contributed by atoms with E-state index in [0.717, 1.165) is 52.9 Å². The molecule has 1 aliphatic rings. The number of hydrogen-bond donors (Lipinski definition) is 1. The molecule has 1 N–H and O–H groups in total. The average Bonchev–Trinajstić information content (AvgIpc) is 3.14. The van der Waals surface area contributed by atoms with Crippen molar-refractivity contribution in [2.75, 3.05) is 6.54 Å². The first kappa shape index (κ1) is 15.9. The molecule has 0 spiro atoms. The van der Waals surface area contributed by atoms with Gasteiger partial charge in [-0.15, -0.1) is 0 Å². The summed E-state index contributed by atoms with van der Waals surface area (Å²) in [5, 5.41) is 3.33. The summed E-state index contributed by atoms with van der Waals surface area (Å²) in [6.45, 7) is 1.51. The topological polar surface area (TPSA) is 38.1 Å². The minimum absolute atomic E-state index is 0.555. The van der Waals surface area contributed by atoms with Crippen molar-refractivity contribution >= 4 is 0 Å². The molecule has 3 nitrogen and oxygen atoms in total. The number of halogens is 3. The van der Waals surface area contributed by atoms with Crippen LogP contribution in [-0.4, -0.2) is 11.5 Å². The van der Waals surface area contributed by atoms with Crippen LogP contribution in [0.4, 0.5) is 13.2 Å². The highest BCUT2D eigenvalue weighted by Gasteiger charge is 2.30. The SMILES string of the molecule is FC(F)(F)c1ccc(-c2ccc(-c3ncco3)c3c2CCNC3)cc1. The van der Waals surface area contributed by atoms with Crippen molar-refractivity contribution in [2.45, 2.75) is 19.1 Å². The average molecular weight is 344 g/mol.